The largest absolute Gasteiger partial charge is 0.348 e. The van der Waals surface area contributed by atoms with Crippen molar-refractivity contribution in [3.05, 3.63) is 18.2 Å². The van der Waals surface area contributed by atoms with Gasteiger partial charge in [-0.3, -0.25) is 4.79 Å². The molecule has 78 valence electrons. The summed E-state index contributed by atoms with van der Waals surface area (Å²) in [4.78, 5) is 15.4. The Hall–Kier alpha value is -1.36. The normalized spacial score (nSPS) is 12.5. The van der Waals surface area contributed by atoms with E-state index in [1.165, 1.54) is 0 Å². The third kappa shape index (κ3) is 2.56. The molecule has 0 aliphatic carbocycles. The summed E-state index contributed by atoms with van der Waals surface area (Å²) >= 11 is 0. The number of nitrogens with one attached hydrogen (secondary N) is 1. The molecule has 14 heavy (non-hydrogen) atoms. The van der Waals surface area contributed by atoms with Crippen LogP contribution < -0.4 is 11.1 Å². The average molecular weight is 196 g/mol. The molecule has 1 aromatic rings. The Kier molecular flexibility index (Phi) is 3.64. The molecule has 0 saturated heterocycles. The summed E-state index contributed by atoms with van der Waals surface area (Å²) in [6.45, 7) is 2.31. The predicted octanol–water partition coefficient (Wildman–Crippen LogP) is -0.226. The Morgan fingerprint density at radius 2 is 2.50 bits per heavy atom. The molecular formula is C9H16N4O. The van der Waals surface area contributed by atoms with Crippen LogP contribution in [0.5, 0.6) is 0 Å². The van der Waals surface area contributed by atoms with Crippen molar-refractivity contribution in [1.29, 1.82) is 0 Å². The molecule has 0 fully saturated rings. The fourth-order valence-electron chi connectivity index (χ4n) is 1.05. The SMILES string of the molecule is CC[C@H](N)C(=O)NCc1nccn1C. The van der Waals surface area contributed by atoms with Gasteiger partial charge in [0.05, 0.1) is 12.6 Å². The molecule has 5 heteroatoms. The quantitative estimate of drug-likeness (QED) is 0.699. The van der Waals surface area contributed by atoms with Gasteiger partial charge in [0.2, 0.25) is 5.91 Å². The molecule has 0 radical (unpaired) electrons. The van der Waals surface area contributed by atoms with Crippen LogP contribution in [0.1, 0.15) is 19.2 Å². The topological polar surface area (TPSA) is 72.9 Å². The number of imidazole rings is 1. The summed E-state index contributed by atoms with van der Waals surface area (Å²) in [6, 6.07) is -0.421. The van der Waals surface area contributed by atoms with Gasteiger partial charge in [-0.2, -0.15) is 0 Å². The molecule has 1 rings (SSSR count). The Bertz CT molecular complexity index is 308. The van der Waals surface area contributed by atoms with E-state index in [9.17, 15) is 4.79 Å². The number of carbonyl (C=O) groups excluding carboxylic acids is 1. The third-order valence-electron chi connectivity index (χ3n) is 2.12. The monoisotopic (exact) mass is 196 g/mol. The zero-order chi connectivity index (χ0) is 10.6. The van der Waals surface area contributed by atoms with Crippen molar-refractivity contribution in [3.63, 3.8) is 0 Å². The second-order valence-electron chi connectivity index (χ2n) is 3.19. The van der Waals surface area contributed by atoms with E-state index in [0.717, 1.165) is 5.82 Å². The van der Waals surface area contributed by atoms with E-state index in [0.29, 0.717) is 13.0 Å². The Labute approximate surface area is 83.3 Å². The lowest BCUT2D eigenvalue weighted by Gasteiger charge is -2.09. The fourth-order valence-corrected chi connectivity index (χ4v) is 1.05. The number of hydrogen-bond donors (Lipinski definition) is 2. The van der Waals surface area contributed by atoms with Gasteiger partial charge < -0.3 is 15.6 Å². The number of hydrogen-bond acceptors (Lipinski definition) is 3. The minimum atomic E-state index is -0.421. The number of aromatic nitrogens is 2. The molecule has 1 aromatic heterocycles. The van der Waals surface area contributed by atoms with Gasteiger partial charge in [-0.1, -0.05) is 6.92 Å². The van der Waals surface area contributed by atoms with Crippen LogP contribution in [-0.4, -0.2) is 21.5 Å². The maximum Gasteiger partial charge on any atom is 0.237 e. The Balaban J connectivity index is 2.41. The van der Waals surface area contributed by atoms with Crippen LogP contribution in [0, 0.1) is 0 Å². The summed E-state index contributed by atoms with van der Waals surface area (Å²) < 4.78 is 1.86. The number of nitrogens with zero attached hydrogens (tertiary/aromatic N) is 2. The Morgan fingerprint density at radius 1 is 1.79 bits per heavy atom. The first kappa shape index (κ1) is 10.7. The molecule has 0 spiro atoms. The van der Waals surface area contributed by atoms with Crippen LogP contribution in [0.15, 0.2) is 12.4 Å². The first-order valence-corrected chi connectivity index (χ1v) is 4.64. The first-order valence-electron chi connectivity index (χ1n) is 4.64. The van der Waals surface area contributed by atoms with Gasteiger partial charge in [0.15, 0.2) is 0 Å². The van der Waals surface area contributed by atoms with Gasteiger partial charge in [0.1, 0.15) is 5.82 Å². The first-order chi connectivity index (χ1) is 6.65. The molecular weight excluding hydrogens is 180 g/mol. The maximum absolute atomic E-state index is 11.3. The third-order valence-corrected chi connectivity index (χ3v) is 2.12. The summed E-state index contributed by atoms with van der Waals surface area (Å²) in [6.07, 6.45) is 4.18. The molecule has 3 N–H and O–H groups in total. The number of carbonyl (C=O) groups is 1. The van der Waals surface area contributed by atoms with Crippen LogP contribution in [0.25, 0.3) is 0 Å². The number of aryl methyl sites for hydroxylation is 1. The van der Waals surface area contributed by atoms with Gasteiger partial charge in [-0.25, -0.2) is 4.98 Å². The van der Waals surface area contributed by atoms with Crippen LogP contribution in [0.2, 0.25) is 0 Å². The van der Waals surface area contributed by atoms with E-state index in [1.807, 2.05) is 24.7 Å². The molecule has 0 aliphatic rings. The number of rotatable bonds is 4. The summed E-state index contributed by atoms with van der Waals surface area (Å²) in [7, 11) is 1.88. The standard InChI is InChI=1S/C9H16N4O/c1-3-7(10)9(14)12-6-8-11-4-5-13(8)2/h4-5,7H,3,6,10H2,1-2H3,(H,12,14)/t7-/m0/s1. The summed E-state index contributed by atoms with van der Waals surface area (Å²) in [5.74, 6) is 0.692. The van der Waals surface area contributed by atoms with E-state index in [2.05, 4.69) is 10.3 Å². The molecule has 0 unspecified atom stereocenters. The van der Waals surface area contributed by atoms with Crippen molar-refractivity contribution in [1.82, 2.24) is 14.9 Å². The Morgan fingerprint density at radius 3 is 3.00 bits per heavy atom. The molecule has 0 aliphatic heterocycles. The molecule has 5 nitrogen and oxygen atoms in total. The number of amides is 1. The van der Waals surface area contributed by atoms with E-state index in [1.54, 1.807) is 6.20 Å². The predicted molar refractivity (Wildman–Crippen MR) is 53.3 cm³/mol. The van der Waals surface area contributed by atoms with E-state index in [4.69, 9.17) is 5.73 Å². The second kappa shape index (κ2) is 4.76. The lowest BCUT2D eigenvalue weighted by Crippen LogP contribution is -2.40. The molecule has 1 heterocycles. The van der Waals surface area contributed by atoms with Crippen molar-refractivity contribution in [3.8, 4) is 0 Å². The van der Waals surface area contributed by atoms with Crippen LogP contribution in [0.3, 0.4) is 0 Å². The van der Waals surface area contributed by atoms with Crippen molar-refractivity contribution >= 4 is 5.91 Å². The molecule has 1 atom stereocenters. The molecule has 0 bridgehead atoms. The zero-order valence-corrected chi connectivity index (χ0v) is 8.53. The molecule has 1 amide bonds. The lowest BCUT2D eigenvalue weighted by atomic mass is 10.2. The highest BCUT2D eigenvalue weighted by atomic mass is 16.2. The van der Waals surface area contributed by atoms with Crippen molar-refractivity contribution in [2.75, 3.05) is 0 Å². The maximum atomic E-state index is 11.3. The zero-order valence-electron chi connectivity index (χ0n) is 8.53. The minimum Gasteiger partial charge on any atom is -0.348 e. The van der Waals surface area contributed by atoms with E-state index >= 15 is 0 Å². The van der Waals surface area contributed by atoms with Crippen LogP contribution >= 0.6 is 0 Å². The summed E-state index contributed by atoms with van der Waals surface area (Å²) in [5, 5.41) is 2.73. The van der Waals surface area contributed by atoms with Crippen LogP contribution in [0.4, 0.5) is 0 Å². The average Bonchev–Trinajstić information content (AvgIpc) is 2.59. The van der Waals surface area contributed by atoms with Gasteiger partial charge in [0, 0.05) is 19.4 Å². The highest BCUT2D eigenvalue weighted by molar-refractivity contribution is 5.81. The van der Waals surface area contributed by atoms with Crippen LogP contribution in [-0.2, 0) is 18.4 Å². The van der Waals surface area contributed by atoms with Gasteiger partial charge in [-0.15, -0.1) is 0 Å². The van der Waals surface area contributed by atoms with Gasteiger partial charge in [-0.05, 0) is 6.42 Å². The fraction of sp³-hybridized carbons (Fsp3) is 0.556. The summed E-state index contributed by atoms with van der Waals surface area (Å²) in [5.41, 5.74) is 5.55. The van der Waals surface area contributed by atoms with E-state index < -0.39 is 6.04 Å². The van der Waals surface area contributed by atoms with Gasteiger partial charge >= 0.3 is 0 Å². The smallest absolute Gasteiger partial charge is 0.237 e. The minimum absolute atomic E-state index is 0.129. The van der Waals surface area contributed by atoms with Crippen molar-refractivity contribution < 1.29 is 4.79 Å². The van der Waals surface area contributed by atoms with E-state index in [-0.39, 0.29) is 5.91 Å². The van der Waals surface area contributed by atoms with Gasteiger partial charge in [0.25, 0.3) is 0 Å². The number of nitrogens with two attached hydrogens (primary N) is 1. The molecule has 0 saturated carbocycles. The highest BCUT2D eigenvalue weighted by Crippen LogP contribution is 1.94. The second-order valence-corrected chi connectivity index (χ2v) is 3.19. The molecule has 0 aromatic carbocycles. The van der Waals surface area contributed by atoms with Crippen molar-refractivity contribution in [2.45, 2.75) is 25.9 Å². The highest BCUT2D eigenvalue weighted by Gasteiger charge is 2.10. The van der Waals surface area contributed by atoms with Crippen molar-refractivity contribution in [2.24, 2.45) is 12.8 Å². The lowest BCUT2D eigenvalue weighted by molar-refractivity contribution is -0.122.